The molecule has 0 saturated heterocycles. The number of aryl methyl sites for hydroxylation is 1. The Balaban J connectivity index is 1.82. The van der Waals surface area contributed by atoms with Gasteiger partial charge in [-0.05, 0) is 67.7 Å². The van der Waals surface area contributed by atoms with Gasteiger partial charge in [-0.3, -0.25) is 9.59 Å². The summed E-state index contributed by atoms with van der Waals surface area (Å²) in [6.45, 7) is 6.18. The molecule has 2 saturated carbocycles. The van der Waals surface area contributed by atoms with Crippen molar-refractivity contribution in [2.45, 2.75) is 58.9 Å². The van der Waals surface area contributed by atoms with Crippen LogP contribution in [0.5, 0.6) is 0 Å². The molecule has 0 aromatic heterocycles. The Hall–Kier alpha value is -1.71. The van der Waals surface area contributed by atoms with Gasteiger partial charge in [-0.15, -0.1) is 0 Å². The SMILES string of the molecule is C[C@H]1CCc2cc(F)ccc2N1C(=O)[C@]12CC[C@H](CC1=O)C2(C)C. The maximum Gasteiger partial charge on any atom is 0.241 e. The molecule has 0 N–H and O–H groups in total. The molecule has 3 aliphatic rings. The second-order valence-corrected chi connectivity index (χ2v) is 8.33. The zero-order valence-electron chi connectivity index (χ0n) is 14.6. The molecule has 4 rings (SSSR count). The van der Waals surface area contributed by atoms with Gasteiger partial charge in [-0.2, -0.15) is 0 Å². The van der Waals surface area contributed by atoms with E-state index < -0.39 is 5.41 Å². The molecular formula is C20H24FNO2. The molecule has 0 unspecified atom stereocenters. The summed E-state index contributed by atoms with van der Waals surface area (Å²) in [6, 6.07) is 4.67. The molecule has 3 nitrogen and oxygen atoms in total. The van der Waals surface area contributed by atoms with Gasteiger partial charge < -0.3 is 4.90 Å². The Labute approximate surface area is 142 Å². The zero-order chi connectivity index (χ0) is 17.3. The number of rotatable bonds is 1. The molecule has 0 spiro atoms. The highest BCUT2D eigenvalue weighted by Gasteiger charge is 2.69. The minimum absolute atomic E-state index is 0.0353. The first kappa shape index (κ1) is 15.8. The third-order valence-corrected chi connectivity index (χ3v) is 7.05. The fraction of sp³-hybridized carbons (Fsp3) is 0.600. The lowest BCUT2D eigenvalue weighted by molar-refractivity contribution is -0.143. The van der Waals surface area contributed by atoms with Crippen molar-refractivity contribution >= 4 is 17.4 Å². The van der Waals surface area contributed by atoms with Crippen LogP contribution in [-0.4, -0.2) is 17.7 Å². The molecule has 0 radical (unpaired) electrons. The lowest BCUT2D eigenvalue weighted by atomic mass is 9.67. The largest absolute Gasteiger partial charge is 0.308 e. The Kier molecular flexibility index (Phi) is 3.23. The Morgan fingerprint density at radius 1 is 1.29 bits per heavy atom. The summed E-state index contributed by atoms with van der Waals surface area (Å²) in [5.74, 6) is 0.0848. The van der Waals surface area contributed by atoms with Crippen molar-refractivity contribution in [3.63, 3.8) is 0 Å². The first-order chi connectivity index (χ1) is 11.3. The standard InChI is InChI=1S/C20H24FNO2/c1-12-4-5-13-10-15(21)6-7-16(13)22(12)18(24)20-9-8-14(11-17(20)23)19(20,2)3/h6-7,10,12,14H,4-5,8-9,11H2,1-3H3/t12-,14+,20-/m0/s1. The summed E-state index contributed by atoms with van der Waals surface area (Å²) < 4.78 is 13.6. The van der Waals surface area contributed by atoms with Gasteiger partial charge in [-0.1, -0.05) is 13.8 Å². The number of carbonyl (C=O) groups is 2. The first-order valence-corrected chi connectivity index (χ1v) is 8.94. The van der Waals surface area contributed by atoms with Crippen LogP contribution >= 0.6 is 0 Å². The van der Waals surface area contributed by atoms with Crippen LogP contribution < -0.4 is 4.90 Å². The topological polar surface area (TPSA) is 37.4 Å². The maximum atomic E-state index is 13.7. The van der Waals surface area contributed by atoms with Crippen LogP contribution in [-0.2, 0) is 16.0 Å². The average molecular weight is 329 g/mol. The number of Topliss-reactive ketones (excluding diaryl/α,β-unsaturated/α-hetero) is 1. The van der Waals surface area contributed by atoms with E-state index in [2.05, 4.69) is 13.8 Å². The van der Waals surface area contributed by atoms with E-state index in [1.807, 2.05) is 6.92 Å². The fourth-order valence-corrected chi connectivity index (χ4v) is 5.41. The highest BCUT2D eigenvalue weighted by atomic mass is 19.1. The molecule has 1 aromatic rings. The van der Waals surface area contributed by atoms with Crippen LogP contribution in [0.2, 0.25) is 0 Å². The molecule has 128 valence electrons. The third kappa shape index (κ3) is 1.77. The van der Waals surface area contributed by atoms with Gasteiger partial charge in [-0.25, -0.2) is 4.39 Å². The van der Waals surface area contributed by atoms with Crippen LogP contribution in [0.1, 0.15) is 52.0 Å². The van der Waals surface area contributed by atoms with Gasteiger partial charge in [0, 0.05) is 18.2 Å². The van der Waals surface area contributed by atoms with Gasteiger partial charge >= 0.3 is 0 Å². The summed E-state index contributed by atoms with van der Waals surface area (Å²) in [4.78, 5) is 28.3. The molecule has 1 heterocycles. The lowest BCUT2D eigenvalue weighted by Gasteiger charge is -2.43. The van der Waals surface area contributed by atoms with Crippen molar-refractivity contribution in [1.29, 1.82) is 0 Å². The third-order valence-electron chi connectivity index (χ3n) is 7.05. The summed E-state index contributed by atoms with van der Waals surface area (Å²) in [5.41, 5.74) is 0.470. The van der Waals surface area contributed by atoms with E-state index in [0.717, 1.165) is 30.5 Å². The molecular weight excluding hydrogens is 305 g/mol. The maximum absolute atomic E-state index is 13.7. The van der Waals surface area contributed by atoms with Crippen molar-refractivity contribution in [2.75, 3.05) is 4.90 Å². The van der Waals surface area contributed by atoms with E-state index in [-0.39, 0.29) is 29.0 Å². The van der Waals surface area contributed by atoms with Gasteiger partial charge in [0.05, 0.1) is 0 Å². The predicted octanol–water partition coefficient (Wildman–Crippen LogP) is 3.89. The van der Waals surface area contributed by atoms with E-state index in [4.69, 9.17) is 0 Å². The number of amides is 1. The van der Waals surface area contributed by atoms with Crippen LogP contribution in [0, 0.1) is 22.6 Å². The van der Waals surface area contributed by atoms with E-state index >= 15 is 0 Å². The molecule has 2 bridgehead atoms. The highest BCUT2D eigenvalue weighted by molar-refractivity contribution is 6.15. The molecule has 2 fully saturated rings. The van der Waals surface area contributed by atoms with E-state index in [1.165, 1.54) is 12.1 Å². The molecule has 1 aromatic carbocycles. The van der Waals surface area contributed by atoms with E-state index in [1.54, 1.807) is 11.0 Å². The molecule has 3 atom stereocenters. The normalized spacial score (nSPS) is 33.7. The van der Waals surface area contributed by atoms with Crippen molar-refractivity contribution in [1.82, 2.24) is 0 Å². The second kappa shape index (κ2) is 4.90. The quantitative estimate of drug-likeness (QED) is 0.733. The van der Waals surface area contributed by atoms with Gasteiger partial charge in [0.25, 0.3) is 0 Å². The number of benzene rings is 1. The second-order valence-electron chi connectivity index (χ2n) is 8.33. The van der Waals surface area contributed by atoms with Crippen LogP contribution in [0.3, 0.4) is 0 Å². The first-order valence-electron chi connectivity index (χ1n) is 8.94. The number of hydrogen-bond donors (Lipinski definition) is 0. The number of nitrogens with zero attached hydrogens (tertiary/aromatic N) is 1. The predicted molar refractivity (Wildman–Crippen MR) is 90.2 cm³/mol. The Bertz CT molecular complexity index is 741. The van der Waals surface area contributed by atoms with E-state index in [0.29, 0.717) is 18.8 Å². The minimum Gasteiger partial charge on any atom is -0.308 e. The summed E-state index contributed by atoms with van der Waals surface area (Å²) in [5, 5.41) is 0. The van der Waals surface area contributed by atoms with Crippen molar-refractivity contribution in [2.24, 2.45) is 16.7 Å². The minimum atomic E-state index is -0.894. The van der Waals surface area contributed by atoms with Crippen molar-refractivity contribution in [3.05, 3.63) is 29.6 Å². The average Bonchev–Trinajstić information content (AvgIpc) is 2.89. The molecule has 4 heteroatoms. The number of hydrogen-bond acceptors (Lipinski definition) is 2. The van der Waals surface area contributed by atoms with E-state index in [9.17, 15) is 14.0 Å². The van der Waals surface area contributed by atoms with Crippen molar-refractivity contribution < 1.29 is 14.0 Å². The summed E-state index contributed by atoms with van der Waals surface area (Å²) >= 11 is 0. The summed E-state index contributed by atoms with van der Waals surface area (Å²) in [6.07, 6.45) is 3.70. The van der Waals surface area contributed by atoms with Crippen LogP contribution in [0.15, 0.2) is 18.2 Å². The summed E-state index contributed by atoms with van der Waals surface area (Å²) in [7, 11) is 0. The van der Waals surface area contributed by atoms with Gasteiger partial charge in [0.1, 0.15) is 17.0 Å². The smallest absolute Gasteiger partial charge is 0.241 e. The number of anilines is 1. The molecule has 2 aliphatic carbocycles. The van der Waals surface area contributed by atoms with Gasteiger partial charge in [0.15, 0.2) is 0 Å². The number of fused-ring (bicyclic) bond motifs is 3. The van der Waals surface area contributed by atoms with Crippen LogP contribution in [0.25, 0.3) is 0 Å². The van der Waals surface area contributed by atoms with Crippen LogP contribution in [0.4, 0.5) is 10.1 Å². The fourth-order valence-electron chi connectivity index (χ4n) is 5.41. The monoisotopic (exact) mass is 329 g/mol. The van der Waals surface area contributed by atoms with Crippen molar-refractivity contribution in [3.8, 4) is 0 Å². The lowest BCUT2D eigenvalue weighted by Crippen LogP contribution is -2.55. The zero-order valence-corrected chi connectivity index (χ0v) is 14.6. The Morgan fingerprint density at radius 2 is 2.04 bits per heavy atom. The number of ketones is 1. The molecule has 1 aliphatic heterocycles. The number of carbonyl (C=O) groups excluding carboxylic acids is 2. The number of halogens is 1. The molecule has 1 amide bonds. The highest BCUT2D eigenvalue weighted by Crippen LogP contribution is 2.64. The Morgan fingerprint density at radius 3 is 2.67 bits per heavy atom. The molecule has 24 heavy (non-hydrogen) atoms. The van der Waals surface area contributed by atoms with Gasteiger partial charge in [0.2, 0.25) is 5.91 Å².